The van der Waals surface area contributed by atoms with Gasteiger partial charge in [-0.05, 0) is 50.7 Å². The van der Waals surface area contributed by atoms with Crippen LogP contribution in [-0.4, -0.2) is 66.8 Å². The third-order valence-electron chi connectivity index (χ3n) is 5.15. The molecular weight excluding hydrogens is 372 g/mol. The fourth-order valence-corrected chi connectivity index (χ4v) is 3.25. The van der Waals surface area contributed by atoms with Crippen LogP contribution in [0.2, 0.25) is 0 Å². The molecule has 1 atom stereocenters. The molecule has 0 saturated carbocycles. The number of hydrogen-bond donors (Lipinski definition) is 1. The van der Waals surface area contributed by atoms with E-state index in [4.69, 9.17) is 14.6 Å². The van der Waals surface area contributed by atoms with E-state index in [-0.39, 0.29) is 5.91 Å². The van der Waals surface area contributed by atoms with Crippen LogP contribution in [0.4, 0.5) is 10.6 Å². The number of nitrogens with one attached hydrogen (secondary N) is 1. The lowest BCUT2D eigenvalue weighted by molar-refractivity contribution is -0.173. The number of ether oxygens (including phenoxy) is 1. The number of likely N-dealkylation sites (N-methyl/N-ethyl adjacent to an activating group) is 1. The molecule has 8 heteroatoms. The van der Waals surface area contributed by atoms with Crippen molar-refractivity contribution in [1.82, 2.24) is 14.9 Å². The van der Waals surface area contributed by atoms with Gasteiger partial charge < -0.3 is 10.1 Å². The first-order valence-corrected chi connectivity index (χ1v) is 10.5. The molecule has 0 aliphatic carbocycles. The van der Waals surface area contributed by atoms with Crippen molar-refractivity contribution in [3.8, 4) is 0 Å². The maximum absolute atomic E-state index is 12.6. The zero-order valence-corrected chi connectivity index (χ0v) is 18.1. The van der Waals surface area contributed by atoms with Crippen molar-refractivity contribution in [3.05, 3.63) is 23.4 Å². The number of rotatable bonds is 10. The fraction of sp³-hybridized carbons (Fsp3) is 0.667. The molecule has 1 aromatic rings. The van der Waals surface area contributed by atoms with E-state index >= 15 is 0 Å². The molecule has 1 unspecified atom stereocenters. The molecule has 162 valence electrons. The summed E-state index contributed by atoms with van der Waals surface area (Å²) in [6.07, 6.45) is 4.85. The Morgan fingerprint density at radius 3 is 2.83 bits per heavy atom. The number of hydroxylamine groups is 2. The smallest absolute Gasteiger partial charge is 0.410 e. The van der Waals surface area contributed by atoms with Crippen LogP contribution in [0.3, 0.4) is 0 Å². The molecule has 1 aliphatic rings. The van der Waals surface area contributed by atoms with Crippen LogP contribution in [0.15, 0.2) is 12.1 Å². The maximum atomic E-state index is 12.6. The fourth-order valence-electron chi connectivity index (χ4n) is 3.25. The summed E-state index contributed by atoms with van der Waals surface area (Å²) in [6, 6.07) is 3.50. The lowest BCUT2D eigenvalue weighted by atomic mass is 10.1. The molecule has 1 N–H and O–H groups in total. The number of anilines is 1. The van der Waals surface area contributed by atoms with Gasteiger partial charge in [0.05, 0.1) is 13.7 Å². The number of hydrogen-bond acceptors (Lipinski definition) is 6. The summed E-state index contributed by atoms with van der Waals surface area (Å²) in [7, 11) is 2.95. The van der Waals surface area contributed by atoms with Crippen LogP contribution in [0.25, 0.3) is 0 Å². The molecule has 0 fully saturated rings. The highest BCUT2D eigenvalue weighted by atomic mass is 16.7. The SMILES string of the molecule is CCCCOC(=O)N(CCCc1ccc2c(n1)NCCC2)C(C)C(=O)N(C)OC. The van der Waals surface area contributed by atoms with Gasteiger partial charge in [-0.2, -0.15) is 0 Å². The number of carbonyl (C=O) groups excluding carboxylic acids is 2. The average molecular weight is 407 g/mol. The van der Waals surface area contributed by atoms with E-state index in [1.54, 1.807) is 6.92 Å². The Kier molecular flexibility index (Phi) is 9.18. The molecule has 2 amide bonds. The monoisotopic (exact) mass is 406 g/mol. The molecular formula is C21H34N4O4. The number of aromatic nitrogens is 1. The number of unbranched alkanes of at least 4 members (excludes halogenated alkanes) is 1. The summed E-state index contributed by atoms with van der Waals surface area (Å²) in [5.41, 5.74) is 2.23. The van der Waals surface area contributed by atoms with Crippen molar-refractivity contribution >= 4 is 17.8 Å². The van der Waals surface area contributed by atoms with Crippen molar-refractivity contribution in [1.29, 1.82) is 0 Å². The van der Waals surface area contributed by atoms with Crippen molar-refractivity contribution in [2.24, 2.45) is 0 Å². The minimum atomic E-state index is -0.674. The van der Waals surface area contributed by atoms with Crippen LogP contribution in [0.5, 0.6) is 0 Å². The van der Waals surface area contributed by atoms with E-state index in [9.17, 15) is 9.59 Å². The van der Waals surface area contributed by atoms with Gasteiger partial charge in [-0.15, -0.1) is 0 Å². The van der Waals surface area contributed by atoms with Gasteiger partial charge in [-0.25, -0.2) is 14.8 Å². The predicted molar refractivity (Wildman–Crippen MR) is 112 cm³/mol. The molecule has 8 nitrogen and oxygen atoms in total. The highest BCUT2D eigenvalue weighted by Gasteiger charge is 2.29. The summed E-state index contributed by atoms with van der Waals surface area (Å²) in [6.45, 7) is 5.44. The van der Waals surface area contributed by atoms with Gasteiger partial charge in [-0.1, -0.05) is 19.4 Å². The quantitative estimate of drug-likeness (QED) is 0.475. The Morgan fingerprint density at radius 2 is 2.10 bits per heavy atom. The van der Waals surface area contributed by atoms with Gasteiger partial charge in [0.15, 0.2) is 0 Å². The molecule has 0 radical (unpaired) electrons. The zero-order chi connectivity index (χ0) is 21.2. The summed E-state index contributed by atoms with van der Waals surface area (Å²) < 4.78 is 5.36. The largest absolute Gasteiger partial charge is 0.449 e. The number of pyridine rings is 1. The van der Waals surface area contributed by atoms with Crippen molar-refractivity contribution in [2.75, 3.05) is 39.2 Å². The number of aryl methyl sites for hydroxylation is 2. The Bertz CT molecular complexity index is 683. The molecule has 29 heavy (non-hydrogen) atoms. The molecule has 0 aromatic carbocycles. The average Bonchev–Trinajstić information content (AvgIpc) is 2.75. The lowest BCUT2D eigenvalue weighted by Crippen LogP contribution is -2.49. The lowest BCUT2D eigenvalue weighted by Gasteiger charge is -2.29. The topological polar surface area (TPSA) is 84.0 Å². The van der Waals surface area contributed by atoms with Crippen LogP contribution in [0, 0.1) is 0 Å². The van der Waals surface area contributed by atoms with Gasteiger partial charge >= 0.3 is 6.09 Å². The molecule has 2 heterocycles. The van der Waals surface area contributed by atoms with Gasteiger partial charge in [-0.3, -0.25) is 14.5 Å². The summed E-state index contributed by atoms with van der Waals surface area (Å²) in [4.78, 5) is 36.2. The van der Waals surface area contributed by atoms with Gasteiger partial charge in [0, 0.05) is 25.8 Å². The van der Waals surface area contributed by atoms with Gasteiger partial charge in [0.25, 0.3) is 5.91 Å². The number of amides is 2. The van der Waals surface area contributed by atoms with Crippen LogP contribution < -0.4 is 5.32 Å². The van der Waals surface area contributed by atoms with Crippen LogP contribution in [0.1, 0.15) is 50.8 Å². The maximum Gasteiger partial charge on any atom is 0.410 e. The Labute approximate surface area is 173 Å². The van der Waals surface area contributed by atoms with Crippen LogP contribution >= 0.6 is 0 Å². The van der Waals surface area contributed by atoms with E-state index in [1.165, 1.54) is 24.6 Å². The minimum absolute atomic E-state index is 0.295. The molecule has 0 saturated heterocycles. The third-order valence-corrected chi connectivity index (χ3v) is 5.15. The second kappa shape index (κ2) is 11.6. The summed E-state index contributed by atoms with van der Waals surface area (Å²) >= 11 is 0. The van der Waals surface area contributed by atoms with Crippen LogP contribution in [-0.2, 0) is 27.2 Å². The Hall–Kier alpha value is -2.35. The standard InChI is InChI=1S/C21H34N4O4/c1-5-6-15-29-21(27)25(16(2)20(26)24(3)28-4)14-8-10-18-12-11-17-9-7-13-22-19(17)23-18/h11-12,16H,5-10,13-15H2,1-4H3,(H,22,23). The first-order chi connectivity index (χ1) is 14.0. The highest BCUT2D eigenvalue weighted by Crippen LogP contribution is 2.20. The molecule has 0 spiro atoms. The van der Waals surface area contributed by atoms with Gasteiger partial charge in [0.1, 0.15) is 11.9 Å². The first kappa shape index (κ1) is 22.9. The normalized spacial score (nSPS) is 13.8. The van der Waals surface area contributed by atoms with Gasteiger partial charge in [0.2, 0.25) is 0 Å². The predicted octanol–water partition coefficient (Wildman–Crippen LogP) is 3.02. The van der Waals surface area contributed by atoms with Crippen molar-refractivity contribution < 1.29 is 19.2 Å². The number of fused-ring (bicyclic) bond motifs is 1. The Morgan fingerprint density at radius 1 is 1.31 bits per heavy atom. The second-order valence-corrected chi connectivity index (χ2v) is 7.30. The first-order valence-electron chi connectivity index (χ1n) is 10.5. The summed E-state index contributed by atoms with van der Waals surface area (Å²) in [5, 5.41) is 4.47. The molecule has 1 aromatic heterocycles. The Balaban J connectivity index is 1.98. The minimum Gasteiger partial charge on any atom is -0.449 e. The van der Waals surface area contributed by atoms with Crippen molar-refractivity contribution in [2.45, 2.75) is 58.4 Å². The van der Waals surface area contributed by atoms with E-state index in [2.05, 4.69) is 11.4 Å². The van der Waals surface area contributed by atoms with E-state index in [0.717, 1.165) is 48.8 Å². The van der Waals surface area contributed by atoms with Crippen molar-refractivity contribution in [3.63, 3.8) is 0 Å². The zero-order valence-electron chi connectivity index (χ0n) is 18.1. The molecule has 0 bridgehead atoms. The van der Waals surface area contributed by atoms with E-state index < -0.39 is 12.1 Å². The summed E-state index contributed by atoms with van der Waals surface area (Å²) in [5.74, 6) is 0.672. The van der Waals surface area contributed by atoms with E-state index in [0.29, 0.717) is 26.0 Å². The number of nitrogens with zero attached hydrogens (tertiary/aromatic N) is 3. The highest BCUT2D eigenvalue weighted by molar-refractivity contribution is 5.84. The number of carbonyl (C=O) groups is 2. The molecule has 1 aliphatic heterocycles. The molecule has 2 rings (SSSR count). The second-order valence-electron chi connectivity index (χ2n) is 7.30. The third kappa shape index (κ3) is 6.59. The van der Waals surface area contributed by atoms with E-state index in [1.807, 2.05) is 13.0 Å².